The van der Waals surface area contributed by atoms with Crippen LogP contribution in [0.1, 0.15) is 26.2 Å². The van der Waals surface area contributed by atoms with Crippen LogP contribution in [0.25, 0.3) is 0 Å². The zero-order chi connectivity index (χ0) is 12.3. The van der Waals surface area contributed by atoms with E-state index < -0.39 is 0 Å². The van der Waals surface area contributed by atoms with Crippen LogP contribution < -0.4 is 10.6 Å². The molecule has 17 heavy (non-hydrogen) atoms. The van der Waals surface area contributed by atoms with E-state index in [9.17, 15) is 9.90 Å². The molecule has 0 saturated carbocycles. The summed E-state index contributed by atoms with van der Waals surface area (Å²) < 4.78 is 0. The van der Waals surface area contributed by atoms with Gasteiger partial charge in [-0.05, 0) is 26.2 Å². The average Bonchev–Trinajstić information content (AvgIpc) is 2.39. The van der Waals surface area contributed by atoms with E-state index in [1.807, 2.05) is 4.90 Å². The SMILES string of the molecule is CC1CNC(C(=O)N2CCCCC2CO)CN1. The van der Waals surface area contributed by atoms with Crippen LogP contribution in [0.5, 0.6) is 0 Å². The highest BCUT2D eigenvalue weighted by atomic mass is 16.3. The van der Waals surface area contributed by atoms with E-state index in [-0.39, 0.29) is 24.6 Å². The summed E-state index contributed by atoms with van der Waals surface area (Å²) in [5.41, 5.74) is 0. The van der Waals surface area contributed by atoms with Crippen molar-refractivity contribution in [3.63, 3.8) is 0 Å². The third-order valence-corrected chi connectivity index (χ3v) is 3.76. The largest absolute Gasteiger partial charge is 0.394 e. The summed E-state index contributed by atoms with van der Waals surface area (Å²) in [6.07, 6.45) is 3.10. The molecular weight excluding hydrogens is 218 g/mol. The van der Waals surface area contributed by atoms with Crippen molar-refractivity contribution in [2.45, 2.75) is 44.3 Å². The van der Waals surface area contributed by atoms with Crippen LogP contribution >= 0.6 is 0 Å². The van der Waals surface area contributed by atoms with Gasteiger partial charge in [0.25, 0.3) is 0 Å². The summed E-state index contributed by atoms with van der Waals surface area (Å²) in [5.74, 6) is 0.142. The van der Waals surface area contributed by atoms with Crippen LogP contribution in [-0.4, -0.2) is 60.3 Å². The molecule has 0 aromatic carbocycles. The number of nitrogens with zero attached hydrogens (tertiary/aromatic N) is 1. The predicted octanol–water partition coefficient (Wildman–Crippen LogP) is -0.690. The number of likely N-dealkylation sites (tertiary alicyclic amines) is 1. The van der Waals surface area contributed by atoms with Crippen molar-refractivity contribution in [1.82, 2.24) is 15.5 Å². The summed E-state index contributed by atoms with van der Waals surface area (Å²) in [6, 6.07) is 0.324. The maximum Gasteiger partial charge on any atom is 0.241 e. The summed E-state index contributed by atoms with van der Waals surface area (Å²) >= 11 is 0. The van der Waals surface area contributed by atoms with Crippen LogP contribution in [0, 0.1) is 0 Å². The van der Waals surface area contributed by atoms with Gasteiger partial charge in [0.2, 0.25) is 5.91 Å². The number of hydrogen-bond acceptors (Lipinski definition) is 4. The summed E-state index contributed by atoms with van der Waals surface area (Å²) in [6.45, 7) is 4.49. The Morgan fingerprint density at radius 2 is 2.18 bits per heavy atom. The third-order valence-electron chi connectivity index (χ3n) is 3.76. The van der Waals surface area contributed by atoms with Crippen molar-refractivity contribution >= 4 is 5.91 Å². The van der Waals surface area contributed by atoms with Crippen LogP contribution in [0.3, 0.4) is 0 Å². The molecule has 2 aliphatic heterocycles. The van der Waals surface area contributed by atoms with Crippen molar-refractivity contribution in [2.24, 2.45) is 0 Å². The van der Waals surface area contributed by atoms with Crippen LogP contribution in [0.4, 0.5) is 0 Å². The molecule has 1 amide bonds. The van der Waals surface area contributed by atoms with Crippen molar-refractivity contribution in [1.29, 1.82) is 0 Å². The van der Waals surface area contributed by atoms with Gasteiger partial charge < -0.3 is 20.6 Å². The fourth-order valence-electron chi connectivity index (χ4n) is 2.64. The van der Waals surface area contributed by atoms with Crippen LogP contribution in [0.2, 0.25) is 0 Å². The number of piperidine rings is 1. The van der Waals surface area contributed by atoms with Crippen molar-refractivity contribution in [3.8, 4) is 0 Å². The number of hydrogen-bond donors (Lipinski definition) is 3. The van der Waals surface area contributed by atoms with Gasteiger partial charge in [-0.2, -0.15) is 0 Å². The molecule has 0 spiro atoms. The van der Waals surface area contributed by atoms with Gasteiger partial charge in [0.1, 0.15) is 0 Å². The fourth-order valence-corrected chi connectivity index (χ4v) is 2.64. The number of nitrogens with one attached hydrogen (secondary N) is 2. The molecule has 98 valence electrons. The minimum atomic E-state index is -0.127. The number of carbonyl (C=O) groups excluding carboxylic acids is 1. The third kappa shape index (κ3) is 2.97. The molecule has 2 aliphatic rings. The lowest BCUT2D eigenvalue weighted by Crippen LogP contribution is -2.61. The van der Waals surface area contributed by atoms with E-state index in [1.165, 1.54) is 0 Å². The van der Waals surface area contributed by atoms with Crippen molar-refractivity contribution in [2.75, 3.05) is 26.2 Å². The van der Waals surface area contributed by atoms with Crippen LogP contribution in [-0.2, 0) is 4.79 Å². The first-order chi connectivity index (χ1) is 8.22. The van der Waals surface area contributed by atoms with Gasteiger partial charge in [0.15, 0.2) is 0 Å². The Hall–Kier alpha value is -0.650. The van der Waals surface area contributed by atoms with Gasteiger partial charge >= 0.3 is 0 Å². The quantitative estimate of drug-likeness (QED) is 0.599. The van der Waals surface area contributed by atoms with Gasteiger partial charge in [-0.15, -0.1) is 0 Å². The first-order valence-corrected chi connectivity index (χ1v) is 6.60. The predicted molar refractivity (Wildman–Crippen MR) is 65.7 cm³/mol. The Morgan fingerprint density at radius 3 is 2.82 bits per heavy atom. The molecule has 2 rings (SSSR count). The van der Waals surface area contributed by atoms with E-state index in [0.717, 1.165) is 32.4 Å². The Kier molecular flexibility index (Phi) is 4.36. The van der Waals surface area contributed by atoms with E-state index >= 15 is 0 Å². The van der Waals surface area contributed by atoms with E-state index in [0.29, 0.717) is 12.6 Å². The van der Waals surface area contributed by atoms with Gasteiger partial charge in [-0.1, -0.05) is 0 Å². The number of piperazine rings is 1. The molecule has 5 nitrogen and oxygen atoms in total. The summed E-state index contributed by atoms with van der Waals surface area (Å²) in [5, 5.41) is 15.9. The molecule has 2 saturated heterocycles. The minimum absolute atomic E-state index is 0.0254. The second-order valence-electron chi connectivity index (χ2n) is 5.13. The van der Waals surface area contributed by atoms with E-state index in [2.05, 4.69) is 17.6 Å². The standard InChI is InChI=1S/C12H23N3O2/c1-9-6-14-11(7-13-9)12(17)15-5-3-2-4-10(15)8-16/h9-11,13-14,16H,2-8H2,1H3. The lowest BCUT2D eigenvalue weighted by atomic mass is 10.0. The molecule has 0 aromatic heterocycles. The van der Waals surface area contributed by atoms with Crippen LogP contribution in [0.15, 0.2) is 0 Å². The molecule has 3 atom stereocenters. The number of rotatable bonds is 2. The zero-order valence-electron chi connectivity index (χ0n) is 10.5. The molecule has 0 radical (unpaired) electrons. The fraction of sp³-hybridized carbons (Fsp3) is 0.917. The average molecular weight is 241 g/mol. The van der Waals surface area contributed by atoms with Gasteiger partial charge in [0, 0.05) is 25.7 Å². The topological polar surface area (TPSA) is 64.6 Å². The maximum atomic E-state index is 12.3. The molecule has 5 heteroatoms. The maximum absolute atomic E-state index is 12.3. The highest BCUT2D eigenvalue weighted by Gasteiger charge is 2.32. The molecule has 0 aromatic rings. The number of aliphatic hydroxyl groups is 1. The molecule has 3 N–H and O–H groups in total. The Morgan fingerprint density at radius 1 is 1.35 bits per heavy atom. The molecule has 2 heterocycles. The molecule has 0 aliphatic carbocycles. The number of amides is 1. The molecule has 3 unspecified atom stereocenters. The lowest BCUT2D eigenvalue weighted by molar-refractivity contribution is -0.138. The number of carbonyl (C=O) groups is 1. The smallest absolute Gasteiger partial charge is 0.241 e. The van der Waals surface area contributed by atoms with Gasteiger partial charge in [-0.25, -0.2) is 0 Å². The second-order valence-corrected chi connectivity index (χ2v) is 5.13. The first-order valence-electron chi connectivity index (χ1n) is 6.60. The Balaban J connectivity index is 1.93. The number of aliphatic hydroxyl groups excluding tert-OH is 1. The van der Waals surface area contributed by atoms with E-state index in [1.54, 1.807) is 0 Å². The molecule has 2 fully saturated rings. The van der Waals surface area contributed by atoms with Crippen molar-refractivity contribution < 1.29 is 9.90 Å². The normalized spacial score (nSPS) is 34.7. The first kappa shape index (κ1) is 12.8. The Bertz CT molecular complexity index is 264. The van der Waals surface area contributed by atoms with Gasteiger partial charge in [-0.3, -0.25) is 4.79 Å². The monoisotopic (exact) mass is 241 g/mol. The zero-order valence-corrected chi connectivity index (χ0v) is 10.5. The van der Waals surface area contributed by atoms with Crippen molar-refractivity contribution in [3.05, 3.63) is 0 Å². The Labute approximate surface area is 103 Å². The highest BCUT2D eigenvalue weighted by molar-refractivity contribution is 5.82. The second kappa shape index (κ2) is 5.80. The van der Waals surface area contributed by atoms with E-state index in [4.69, 9.17) is 0 Å². The van der Waals surface area contributed by atoms with Gasteiger partial charge in [0.05, 0.1) is 18.7 Å². The lowest BCUT2D eigenvalue weighted by Gasteiger charge is -2.38. The summed E-state index contributed by atoms with van der Waals surface area (Å²) in [4.78, 5) is 14.2. The minimum Gasteiger partial charge on any atom is -0.394 e. The molecular formula is C12H23N3O2. The summed E-state index contributed by atoms with van der Waals surface area (Å²) in [7, 11) is 0. The molecule has 0 bridgehead atoms. The highest BCUT2D eigenvalue weighted by Crippen LogP contribution is 2.17.